The van der Waals surface area contributed by atoms with Crippen LogP contribution in [0.25, 0.3) is 0 Å². The van der Waals surface area contributed by atoms with E-state index in [4.69, 9.17) is 17.6 Å². The molecule has 0 aromatic carbocycles. The Morgan fingerprint density at radius 1 is 1.55 bits per heavy atom. The second kappa shape index (κ2) is 7.16. The molecule has 2 N–H and O–H groups in total. The van der Waals surface area contributed by atoms with Gasteiger partial charge in [-0.05, 0) is 0 Å². The molecule has 1 rings (SSSR count). The molecule has 0 aliphatic rings. The number of hydrogen-bond donors (Lipinski definition) is 1. The Balaban J connectivity index is 3.20. The maximum absolute atomic E-state index is 12.2. The summed E-state index contributed by atoms with van der Waals surface area (Å²) in [6, 6.07) is 1.66. The molecule has 0 saturated carbocycles. The summed E-state index contributed by atoms with van der Waals surface area (Å²) in [6.07, 6.45) is 1.67. The third-order valence-corrected chi connectivity index (χ3v) is 4.39. The van der Waals surface area contributed by atoms with E-state index in [1.165, 1.54) is 4.68 Å². The van der Waals surface area contributed by atoms with Crippen molar-refractivity contribution in [3.63, 3.8) is 0 Å². The molecule has 22 heavy (non-hydrogen) atoms. The number of hydrogen-bond acceptors (Lipinski definition) is 5. The standard InChI is InChI=1S/C12H10F3N4OS.W/c1-7(2)4-8(3)6-19-11(17)10(9(5-16)18-19)20-21-12(13,14)15;/h1,4H,17H2,2-3H3;/q-1;/b8-4-;. The number of nitrogens with two attached hydrogens (primary N) is 1. The van der Waals surface area contributed by atoms with Crippen molar-refractivity contribution < 1.29 is 36.7 Å². The number of allylic oxidation sites excluding steroid dienone is 3. The van der Waals surface area contributed by atoms with Gasteiger partial charge in [-0.3, -0.25) is 0 Å². The van der Waals surface area contributed by atoms with E-state index in [1.807, 2.05) is 0 Å². The monoisotopic (exact) mass is 499 g/mol. The van der Waals surface area contributed by atoms with Gasteiger partial charge in [-0.2, -0.15) is 0 Å². The fraction of sp³-hybridized carbons (Fsp3) is 0.250. The number of alkyl halides is 3. The molecule has 0 amide bonds. The van der Waals surface area contributed by atoms with Crippen LogP contribution in [0.4, 0.5) is 19.0 Å². The topological polar surface area (TPSA) is 76.9 Å². The predicted octanol–water partition coefficient (Wildman–Crippen LogP) is 2.73. The molecule has 0 atom stereocenters. The zero-order valence-corrected chi connectivity index (χ0v) is 15.2. The average Bonchev–Trinajstić information content (AvgIpc) is 2.70. The number of anilines is 1. The van der Waals surface area contributed by atoms with Crippen LogP contribution in [0, 0.1) is 17.9 Å². The van der Waals surface area contributed by atoms with Crippen LogP contribution >= 0.6 is 12.0 Å². The van der Waals surface area contributed by atoms with Gasteiger partial charge in [0.2, 0.25) is 0 Å². The molecule has 0 bridgehead atoms. The van der Waals surface area contributed by atoms with Crippen molar-refractivity contribution >= 4 is 21.9 Å². The first-order valence-electron chi connectivity index (χ1n) is 5.60. The van der Waals surface area contributed by atoms with Crippen LogP contribution in [0.15, 0.2) is 17.2 Å². The van der Waals surface area contributed by atoms with Crippen LogP contribution < -0.4 is 9.92 Å². The van der Waals surface area contributed by atoms with Gasteiger partial charge in [-0.25, -0.2) is 0 Å². The normalized spacial score (nSPS) is 11.9. The van der Waals surface area contributed by atoms with Crippen molar-refractivity contribution in [3.05, 3.63) is 29.5 Å². The third-order valence-electron chi connectivity index (χ3n) is 2.18. The predicted molar refractivity (Wildman–Crippen MR) is 73.3 cm³/mol. The van der Waals surface area contributed by atoms with Gasteiger partial charge in [0.1, 0.15) is 0 Å². The summed E-state index contributed by atoms with van der Waals surface area (Å²) in [5.41, 5.74) is 2.08. The molecule has 5 nitrogen and oxygen atoms in total. The van der Waals surface area contributed by atoms with Gasteiger partial charge in [-0.15, -0.1) is 0 Å². The van der Waals surface area contributed by atoms with Gasteiger partial charge in [0, 0.05) is 0 Å². The molecule has 1 aromatic heterocycles. The number of nitriles is 1. The molecule has 0 unspecified atom stereocenters. The summed E-state index contributed by atoms with van der Waals surface area (Å²) in [6.45, 7) is 9.01. The summed E-state index contributed by atoms with van der Waals surface area (Å²) in [5, 5.41) is 12.8. The number of aromatic nitrogens is 2. The maximum atomic E-state index is 12.2. The van der Waals surface area contributed by atoms with Crippen LogP contribution in [0.1, 0.15) is 19.5 Å². The van der Waals surface area contributed by atoms with Crippen molar-refractivity contribution in [1.29, 1.82) is 5.26 Å². The van der Waals surface area contributed by atoms with E-state index in [2.05, 4.69) is 9.28 Å². The van der Waals surface area contributed by atoms with Crippen LogP contribution in [0.2, 0.25) is 0 Å². The van der Waals surface area contributed by atoms with Crippen LogP contribution in [-0.2, 0) is 19.4 Å². The number of halogens is 3. The Hall–Kier alpha value is -1.52. The molecule has 1 heterocycles. The summed E-state index contributed by atoms with van der Waals surface area (Å²) < 4.78 is 42.9. The van der Waals surface area contributed by atoms with Crippen molar-refractivity contribution in [2.24, 2.45) is 0 Å². The summed E-state index contributed by atoms with van der Waals surface area (Å²) in [5.74, 6) is -0.592. The Morgan fingerprint density at radius 3 is 2.59 bits per heavy atom. The number of nitrogen functional groups attached to an aromatic ring is 1. The van der Waals surface area contributed by atoms with Crippen LogP contribution in [-0.4, -0.2) is 19.3 Å². The van der Waals surface area contributed by atoms with E-state index in [-0.39, 0.29) is 11.5 Å². The fourth-order valence-corrected chi connectivity index (χ4v) is 2.44. The number of rotatable bonds is 5. The van der Waals surface area contributed by atoms with E-state index in [0.29, 0.717) is 9.59 Å². The molecule has 10 heteroatoms. The quantitative estimate of drug-likeness (QED) is 0.383. The molecular formula is C12H10F3N4OSW-. The van der Waals surface area contributed by atoms with E-state index in [1.54, 1.807) is 26.0 Å². The Morgan fingerprint density at radius 2 is 2.14 bits per heavy atom. The molecule has 0 aliphatic heterocycles. The van der Waals surface area contributed by atoms with Crippen molar-refractivity contribution in [3.8, 4) is 11.8 Å². The van der Waals surface area contributed by atoms with Gasteiger partial charge in [0.25, 0.3) is 0 Å². The zero-order valence-electron chi connectivity index (χ0n) is 11.4. The molecule has 0 aliphatic carbocycles. The van der Waals surface area contributed by atoms with Crippen LogP contribution in [0.5, 0.6) is 5.75 Å². The SMILES string of the molecule is [CH-]=C(C)/C=C(/C)[C](=[W])n1nc(C#N)c(OSC(F)(F)F)c1N. The van der Waals surface area contributed by atoms with Gasteiger partial charge >= 0.3 is 140 Å². The van der Waals surface area contributed by atoms with E-state index >= 15 is 0 Å². The molecule has 0 fully saturated rings. The van der Waals surface area contributed by atoms with E-state index in [9.17, 15) is 13.2 Å². The minimum atomic E-state index is -4.62. The van der Waals surface area contributed by atoms with Gasteiger partial charge in [-0.1, -0.05) is 0 Å². The third kappa shape index (κ3) is 4.75. The first kappa shape index (κ1) is 18.5. The second-order valence-electron chi connectivity index (χ2n) is 4.08. The minimum absolute atomic E-state index is 0.180. The van der Waals surface area contributed by atoms with Crippen molar-refractivity contribution in [1.82, 2.24) is 9.78 Å². The molecular weight excluding hydrogens is 489 g/mol. The Labute approximate surface area is 140 Å². The first-order valence-corrected chi connectivity index (χ1v) is 7.80. The summed E-state index contributed by atoms with van der Waals surface area (Å²) >= 11 is 0.192. The molecule has 0 radical (unpaired) electrons. The Kier molecular flexibility index (Phi) is 6.03. The van der Waals surface area contributed by atoms with E-state index < -0.39 is 23.3 Å². The summed E-state index contributed by atoms with van der Waals surface area (Å²) in [4.78, 5) is 0. The van der Waals surface area contributed by atoms with E-state index in [0.717, 1.165) is 24.9 Å². The molecule has 0 spiro atoms. The summed E-state index contributed by atoms with van der Waals surface area (Å²) in [7, 11) is 0. The van der Waals surface area contributed by atoms with Gasteiger partial charge in [0.05, 0.1) is 0 Å². The zero-order chi connectivity index (χ0) is 17.1. The van der Waals surface area contributed by atoms with Gasteiger partial charge < -0.3 is 0 Å². The fourth-order valence-electron chi connectivity index (χ4n) is 1.39. The van der Waals surface area contributed by atoms with Gasteiger partial charge in [0.15, 0.2) is 0 Å². The van der Waals surface area contributed by atoms with Crippen LogP contribution in [0.3, 0.4) is 0 Å². The number of nitrogens with zero attached hydrogens (tertiary/aromatic N) is 3. The Bertz CT molecular complexity index is 688. The van der Waals surface area contributed by atoms with Crippen molar-refractivity contribution in [2.45, 2.75) is 19.4 Å². The average molecular weight is 499 g/mol. The van der Waals surface area contributed by atoms with Crippen molar-refractivity contribution in [2.75, 3.05) is 5.73 Å². The molecule has 1 aromatic rings. The molecule has 0 saturated heterocycles. The first-order chi connectivity index (χ1) is 10.1. The second-order valence-corrected chi connectivity index (χ2v) is 6.26. The molecule has 118 valence electrons.